The van der Waals surface area contributed by atoms with Crippen LogP contribution in [0.3, 0.4) is 0 Å². The van der Waals surface area contributed by atoms with Crippen LogP contribution in [0.4, 0.5) is 0 Å². The van der Waals surface area contributed by atoms with Gasteiger partial charge in [0.25, 0.3) is 0 Å². The average molecular weight is 304 g/mol. The Kier molecular flexibility index (Phi) is 4.63. The summed E-state index contributed by atoms with van der Waals surface area (Å²) in [6.07, 6.45) is 3.19. The van der Waals surface area contributed by atoms with E-state index in [9.17, 15) is 0 Å². The smallest absolute Gasteiger partial charge is 0.138 e. The van der Waals surface area contributed by atoms with E-state index in [0.717, 1.165) is 53.0 Å². The summed E-state index contributed by atoms with van der Waals surface area (Å²) in [6.45, 7) is 2.17. The largest absolute Gasteiger partial charge is 0.495 e. The molecule has 1 N–H and O–H groups in total. The maximum atomic E-state index is 5.42. The van der Waals surface area contributed by atoms with Crippen molar-refractivity contribution in [1.82, 2.24) is 9.97 Å². The maximum Gasteiger partial charge on any atom is 0.138 e. The Morgan fingerprint density at radius 1 is 1.17 bits per heavy atom. The van der Waals surface area contributed by atoms with Crippen LogP contribution in [-0.2, 0) is 0 Å². The molecule has 3 nitrogen and oxygen atoms in total. The van der Waals surface area contributed by atoms with Gasteiger partial charge in [-0.25, -0.2) is 4.98 Å². The summed E-state index contributed by atoms with van der Waals surface area (Å²) in [5, 5.41) is 0. The van der Waals surface area contributed by atoms with Crippen molar-refractivity contribution in [2.45, 2.75) is 26.2 Å². The van der Waals surface area contributed by atoms with Crippen molar-refractivity contribution in [2.75, 3.05) is 7.11 Å². The first-order valence-corrected chi connectivity index (χ1v) is 7.94. The molecular weight excluding hydrogens is 284 g/mol. The minimum Gasteiger partial charge on any atom is -0.495 e. The second kappa shape index (κ2) is 7.02. The Labute approximate surface area is 136 Å². The van der Waals surface area contributed by atoms with E-state index in [2.05, 4.69) is 28.7 Å². The molecule has 23 heavy (non-hydrogen) atoms. The first-order valence-electron chi connectivity index (χ1n) is 7.94. The number of benzene rings is 2. The first-order chi connectivity index (χ1) is 11.3. The Balaban J connectivity index is 1.97. The van der Waals surface area contributed by atoms with Crippen molar-refractivity contribution < 1.29 is 4.74 Å². The van der Waals surface area contributed by atoms with E-state index in [4.69, 9.17) is 4.74 Å². The van der Waals surface area contributed by atoms with E-state index in [1.807, 2.05) is 42.5 Å². The van der Waals surface area contributed by atoms with Gasteiger partial charge < -0.3 is 9.72 Å². The number of nitrogens with one attached hydrogen (secondary N) is 1. The van der Waals surface area contributed by atoms with Crippen LogP contribution in [-0.4, -0.2) is 17.1 Å². The number of nitrogens with zero attached hydrogens (tertiary/aromatic N) is 1. The lowest BCUT2D eigenvalue weighted by Crippen LogP contribution is -1.90. The van der Waals surface area contributed by atoms with Crippen molar-refractivity contribution in [3.8, 4) is 29.0 Å². The summed E-state index contributed by atoms with van der Waals surface area (Å²) in [7, 11) is 1.67. The molecule has 1 aromatic heterocycles. The summed E-state index contributed by atoms with van der Waals surface area (Å²) < 4.78 is 5.42. The zero-order valence-corrected chi connectivity index (χ0v) is 13.5. The number of unbranched alkanes of at least 4 members (excludes halogenated alkanes) is 2. The summed E-state index contributed by atoms with van der Waals surface area (Å²) in [4.78, 5) is 8.00. The van der Waals surface area contributed by atoms with E-state index in [-0.39, 0.29) is 0 Å². The van der Waals surface area contributed by atoms with Gasteiger partial charge >= 0.3 is 0 Å². The number of hydrogen-bond donors (Lipinski definition) is 1. The molecule has 3 aromatic rings. The van der Waals surface area contributed by atoms with E-state index in [1.54, 1.807) is 7.11 Å². The van der Waals surface area contributed by atoms with Crippen LogP contribution in [0.5, 0.6) is 5.75 Å². The van der Waals surface area contributed by atoms with Crippen LogP contribution in [0, 0.1) is 11.8 Å². The highest BCUT2D eigenvalue weighted by molar-refractivity contribution is 5.79. The van der Waals surface area contributed by atoms with Crippen LogP contribution in [0.25, 0.3) is 22.4 Å². The van der Waals surface area contributed by atoms with Crippen molar-refractivity contribution in [3.63, 3.8) is 0 Å². The van der Waals surface area contributed by atoms with Gasteiger partial charge in [-0.15, -0.1) is 0 Å². The molecule has 0 bridgehead atoms. The molecule has 116 valence electrons. The topological polar surface area (TPSA) is 37.9 Å². The van der Waals surface area contributed by atoms with E-state index < -0.39 is 0 Å². The molecule has 2 aromatic carbocycles. The van der Waals surface area contributed by atoms with E-state index >= 15 is 0 Å². The number of hydrogen-bond acceptors (Lipinski definition) is 2. The fourth-order valence-corrected chi connectivity index (χ4v) is 2.47. The van der Waals surface area contributed by atoms with Crippen LogP contribution in [0.1, 0.15) is 31.7 Å². The van der Waals surface area contributed by atoms with E-state index in [0.29, 0.717) is 0 Å². The van der Waals surface area contributed by atoms with Gasteiger partial charge in [0.05, 0.1) is 23.7 Å². The summed E-state index contributed by atoms with van der Waals surface area (Å²) in [5.41, 5.74) is 3.92. The van der Waals surface area contributed by atoms with Crippen LogP contribution in [0.2, 0.25) is 0 Å². The van der Waals surface area contributed by atoms with Gasteiger partial charge in [0.15, 0.2) is 0 Å². The summed E-state index contributed by atoms with van der Waals surface area (Å²) >= 11 is 0. The molecule has 0 unspecified atom stereocenters. The third kappa shape index (κ3) is 3.37. The number of aromatic amines is 1. The molecule has 0 aliphatic carbocycles. The van der Waals surface area contributed by atoms with Crippen molar-refractivity contribution >= 4 is 11.0 Å². The first kappa shape index (κ1) is 15.2. The summed E-state index contributed by atoms with van der Waals surface area (Å²) in [5.74, 6) is 8.10. The fourth-order valence-electron chi connectivity index (χ4n) is 2.47. The molecule has 0 aliphatic heterocycles. The Bertz CT molecular complexity index is 835. The molecule has 0 spiro atoms. The maximum absolute atomic E-state index is 5.42. The molecule has 3 rings (SSSR count). The molecule has 0 atom stereocenters. The summed E-state index contributed by atoms with van der Waals surface area (Å²) in [6, 6.07) is 14.0. The Morgan fingerprint density at radius 3 is 2.83 bits per heavy atom. The zero-order chi connectivity index (χ0) is 16.1. The third-order valence-corrected chi connectivity index (χ3v) is 3.74. The SMILES string of the molecule is CCCCC#Cc1cc(-c2nc3ccccc3[nH]2)ccc1OC. The van der Waals surface area contributed by atoms with Gasteiger partial charge in [0.2, 0.25) is 0 Å². The molecular formula is C20H20N2O. The quantitative estimate of drug-likeness (QED) is 0.556. The normalized spacial score (nSPS) is 10.3. The highest BCUT2D eigenvalue weighted by atomic mass is 16.5. The standard InChI is InChI=1S/C20H20N2O/c1-3-4-5-6-9-15-14-16(12-13-19(15)23-2)20-21-17-10-7-8-11-18(17)22-20/h7-8,10-14H,3-5H2,1-2H3,(H,21,22). The molecule has 0 fully saturated rings. The molecule has 0 saturated carbocycles. The minimum atomic E-state index is 0.800. The van der Waals surface area contributed by atoms with Gasteiger partial charge in [0, 0.05) is 12.0 Å². The lowest BCUT2D eigenvalue weighted by molar-refractivity contribution is 0.413. The predicted molar refractivity (Wildman–Crippen MR) is 94.5 cm³/mol. The van der Waals surface area contributed by atoms with Gasteiger partial charge in [0.1, 0.15) is 11.6 Å². The van der Waals surface area contributed by atoms with Crippen molar-refractivity contribution in [2.24, 2.45) is 0 Å². The van der Waals surface area contributed by atoms with Crippen molar-refractivity contribution in [3.05, 3.63) is 48.0 Å². The highest BCUT2D eigenvalue weighted by Crippen LogP contribution is 2.26. The Morgan fingerprint density at radius 2 is 2.04 bits per heavy atom. The molecule has 0 radical (unpaired) electrons. The lowest BCUT2D eigenvalue weighted by Gasteiger charge is -2.05. The van der Waals surface area contributed by atoms with Gasteiger partial charge in [-0.3, -0.25) is 0 Å². The number of aromatic nitrogens is 2. The number of fused-ring (bicyclic) bond motifs is 1. The van der Waals surface area contributed by atoms with Gasteiger partial charge in [-0.05, 0) is 36.8 Å². The average Bonchev–Trinajstić information content (AvgIpc) is 3.02. The predicted octanol–water partition coefficient (Wildman–Crippen LogP) is 4.78. The van der Waals surface area contributed by atoms with E-state index in [1.165, 1.54) is 0 Å². The minimum absolute atomic E-state index is 0.800. The Hall–Kier alpha value is -2.73. The lowest BCUT2D eigenvalue weighted by atomic mass is 10.1. The molecule has 0 amide bonds. The van der Waals surface area contributed by atoms with Crippen LogP contribution >= 0.6 is 0 Å². The van der Waals surface area contributed by atoms with Gasteiger partial charge in [-0.2, -0.15) is 0 Å². The second-order valence-corrected chi connectivity index (χ2v) is 5.42. The number of imidazole rings is 1. The number of H-pyrrole nitrogens is 1. The van der Waals surface area contributed by atoms with Crippen molar-refractivity contribution in [1.29, 1.82) is 0 Å². The number of para-hydroxylation sites is 2. The monoisotopic (exact) mass is 304 g/mol. The fraction of sp³-hybridized carbons (Fsp3) is 0.250. The van der Waals surface area contributed by atoms with Crippen LogP contribution in [0.15, 0.2) is 42.5 Å². The number of methoxy groups -OCH3 is 1. The molecule has 1 heterocycles. The number of rotatable bonds is 4. The number of ether oxygens (including phenoxy) is 1. The molecule has 3 heteroatoms. The zero-order valence-electron chi connectivity index (χ0n) is 13.5. The highest BCUT2D eigenvalue weighted by Gasteiger charge is 2.08. The van der Waals surface area contributed by atoms with Crippen LogP contribution < -0.4 is 4.74 Å². The third-order valence-electron chi connectivity index (χ3n) is 3.74. The molecule has 0 aliphatic rings. The molecule has 0 saturated heterocycles. The second-order valence-electron chi connectivity index (χ2n) is 5.42. The van der Waals surface area contributed by atoms with Gasteiger partial charge in [-0.1, -0.05) is 37.3 Å².